The Morgan fingerprint density at radius 2 is 1.64 bits per heavy atom. The fourth-order valence-electron chi connectivity index (χ4n) is 1.83. The van der Waals surface area contributed by atoms with Crippen LogP contribution < -0.4 is 15.0 Å². The van der Waals surface area contributed by atoms with Crippen LogP contribution >= 0.6 is 0 Å². The lowest BCUT2D eigenvalue weighted by molar-refractivity contribution is 0.135. The quantitative estimate of drug-likeness (QED) is 0.608. The van der Waals surface area contributed by atoms with E-state index >= 15 is 0 Å². The molecule has 0 aliphatic heterocycles. The number of hydrogen-bond acceptors (Lipinski definition) is 5. The van der Waals surface area contributed by atoms with Crippen LogP contribution in [-0.2, 0) is 11.4 Å². The number of benzene rings is 2. The summed E-state index contributed by atoms with van der Waals surface area (Å²) in [6.45, 7) is 0.0123. The lowest BCUT2D eigenvalue weighted by Crippen LogP contribution is -2.11. The molecule has 0 bridgehead atoms. The smallest absolute Gasteiger partial charge is 0.126 e. The molecular formula is C17H19NO4. The number of hydrogen-bond donors (Lipinski definition) is 2. The molecule has 0 aliphatic rings. The van der Waals surface area contributed by atoms with Crippen LogP contribution in [0.1, 0.15) is 11.1 Å². The van der Waals surface area contributed by atoms with E-state index in [4.69, 9.17) is 19.4 Å². The van der Waals surface area contributed by atoms with E-state index in [0.29, 0.717) is 11.4 Å². The number of methoxy groups -OCH3 is 1. The number of nitrogens with one attached hydrogen (secondary N) is 1. The van der Waals surface area contributed by atoms with Gasteiger partial charge in [-0.15, -0.1) is 0 Å². The normalized spacial score (nSPS) is 11.1. The SMILES string of the molecule is CONC(=COc1ccc(CO)cc1)c1ccc(OC)cc1. The summed E-state index contributed by atoms with van der Waals surface area (Å²) in [6, 6.07) is 14.7. The molecule has 2 rings (SSSR count). The molecule has 0 fully saturated rings. The lowest BCUT2D eigenvalue weighted by atomic mass is 10.2. The Morgan fingerprint density at radius 3 is 2.18 bits per heavy atom. The summed E-state index contributed by atoms with van der Waals surface area (Å²) in [6.07, 6.45) is 1.57. The van der Waals surface area contributed by atoms with Crippen LogP contribution in [-0.4, -0.2) is 19.3 Å². The topological polar surface area (TPSA) is 60.0 Å². The van der Waals surface area contributed by atoms with Crippen LogP contribution in [0.4, 0.5) is 0 Å². The van der Waals surface area contributed by atoms with Crippen molar-refractivity contribution in [3.63, 3.8) is 0 Å². The Kier molecular flexibility index (Phi) is 5.82. The van der Waals surface area contributed by atoms with E-state index in [2.05, 4.69) is 5.48 Å². The van der Waals surface area contributed by atoms with Gasteiger partial charge in [0.15, 0.2) is 0 Å². The number of aliphatic hydroxyl groups excluding tert-OH is 1. The standard InChI is InChI=1S/C17H19NO4/c1-20-15-9-5-14(6-10-15)17(18-21-2)12-22-16-7-3-13(11-19)4-8-16/h3-10,12,18-19H,11H2,1-2H3. The van der Waals surface area contributed by atoms with Crippen molar-refractivity contribution in [2.75, 3.05) is 14.2 Å². The molecule has 2 N–H and O–H groups in total. The maximum absolute atomic E-state index is 9.02. The number of rotatable bonds is 7. The molecule has 0 atom stereocenters. The summed E-state index contributed by atoms with van der Waals surface area (Å²) in [4.78, 5) is 4.98. The Morgan fingerprint density at radius 1 is 1.00 bits per heavy atom. The molecule has 0 aliphatic carbocycles. The minimum atomic E-state index is 0.0123. The average Bonchev–Trinajstić information content (AvgIpc) is 2.59. The molecule has 5 heteroatoms. The third kappa shape index (κ3) is 4.25. The second-order valence-corrected chi connectivity index (χ2v) is 4.49. The van der Waals surface area contributed by atoms with Gasteiger partial charge >= 0.3 is 0 Å². The van der Waals surface area contributed by atoms with Gasteiger partial charge in [-0.25, -0.2) is 0 Å². The van der Waals surface area contributed by atoms with Gasteiger partial charge in [0, 0.05) is 5.56 Å². The molecule has 0 amide bonds. The molecule has 2 aromatic rings. The zero-order valence-electron chi connectivity index (χ0n) is 12.6. The van der Waals surface area contributed by atoms with E-state index < -0.39 is 0 Å². The molecule has 0 unspecified atom stereocenters. The van der Waals surface area contributed by atoms with E-state index in [1.54, 1.807) is 37.6 Å². The molecule has 22 heavy (non-hydrogen) atoms. The van der Waals surface area contributed by atoms with Crippen LogP contribution in [0.2, 0.25) is 0 Å². The lowest BCUT2D eigenvalue weighted by Gasteiger charge is -2.10. The Balaban J connectivity index is 2.14. The first-order chi connectivity index (χ1) is 10.8. The average molecular weight is 301 g/mol. The first-order valence-corrected chi connectivity index (χ1v) is 6.77. The summed E-state index contributed by atoms with van der Waals surface area (Å²) >= 11 is 0. The van der Waals surface area contributed by atoms with Gasteiger partial charge in [-0.1, -0.05) is 12.1 Å². The number of aliphatic hydroxyl groups is 1. The van der Waals surface area contributed by atoms with Crippen LogP contribution in [0, 0.1) is 0 Å². The highest BCUT2D eigenvalue weighted by Gasteiger charge is 2.03. The molecule has 0 aromatic heterocycles. The molecule has 0 saturated carbocycles. The van der Waals surface area contributed by atoms with E-state index in [-0.39, 0.29) is 6.61 Å². The van der Waals surface area contributed by atoms with Crippen LogP contribution in [0.5, 0.6) is 11.5 Å². The van der Waals surface area contributed by atoms with Crippen molar-refractivity contribution < 1.29 is 19.4 Å². The summed E-state index contributed by atoms with van der Waals surface area (Å²) in [7, 11) is 3.16. The minimum absolute atomic E-state index is 0.0123. The Labute approximate surface area is 129 Å². The monoisotopic (exact) mass is 301 g/mol. The third-order valence-electron chi connectivity index (χ3n) is 3.03. The number of hydroxylamine groups is 1. The van der Waals surface area contributed by atoms with Crippen LogP contribution in [0.15, 0.2) is 54.8 Å². The van der Waals surface area contributed by atoms with Gasteiger partial charge in [-0.2, -0.15) is 0 Å². The Hall–Kier alpha value is -2.50. The van der Waals surface area contributed by atoms with E-state index in [1.807, 2.05) is 24.3 Å². The van der Waals surface area contributed by atoms with Gasteiger partial charge < -0.3 is 14.6 Å². The first kappa shape index (κ1) is 15.9. The molecule has 116 valence electrons. The second kappa shape index (κ2) is 8.07. The highest BCUT2D eigenvalue weighted by atomic mass is 16.6. The third-order valence-corrected chi connectivity index (χ3v) is 3.03. The van der Waals surface area contributed by atoms with Crippen molar-refractivity contribution in [1.29, 1.82) is 0 Å². The fourth-order valence-corrected chi connectivity index (χ4v) is 1.83. The predicted molar refractivity (Wildman–Crippen MR) is 84.1 cm³/mol. The predicted octanol–water partition coefficient (Wildman–Crippen LogP) is 2.72. The van der Waals surface area contributed by atoms with Crippen molar-refractivity contribution in [2.45, 2.75) is 6.61 Å². The zero-order valence-corrected chi connectivity index (χ0v) is 12.6. The highest BCUT2D eigenvalue weighted by molar-refractivity contribution is 5.63. The second-order valence-electron chi connectivity index (χ2n) is 4.49. The summed E-state index contributed by atoms with van der Waals surface area (Å²) in [5.74, 6) is 1.45. The van der Waals surface area contributed by atoms with Gasteiger partial charge in [0.25, 0.3) is 0 Å². The summed E-state index contributed by atoms with van der Waals surface area (Å²) < 4.78 is 10.8. The van der Waals surface area contributed by atoms with Crippen molar-refractivity contribution in [2.24, 2.45) is 0 Å². The molecule has 0 spiro atoms. The van der Waals surface area contributed by atoms with Gasteiger partial charge in [0.1, 0.15) is 23.5 Å². The molecule has 0 saturated heterocycles. The maximum atomic E-state index is 9.02. The Bertz CT molecular complexity index is 606. The number of ether oxygens (including phenoxy) is 2. The molecule has 0 radical (unpaired) electrons. The van der Waals surface area contributed by atoms with Gasteiger partial charge in [-0.3, -0.25) is 10.3 Å². The van der Waals surface area contributed by atoms with E-state index in [9.17, 15) is 0 Å². The summed E-state index contributed by atoms with van der Waals surface area (Å²) in [5, 5.41) is 9.02. The van der Waals surface area contributed by atoms with Crippen molar-refractivity contribution in [3.8, 4) is 11.5 Å². The summed E-state index contributed by atoms with van der Waals surface area (Å²) in [5.41, 5.74) is 5.19. The van der Waals surface area contributed by atoms with Gasteiger partial charge in [0.05, 0.1) is 20.8 Å². The molecule has 0 heterocycles. The van der Waals surface area contributed by atoms with Crippen LogP contribution in [0.25, 0.3) is 5.70 Å². The van der Waals surface area contributed by atoms with Crippen LogP contribution in [0.3, 0.4) is 0 Å². The maximum Gasteiger partial charge on any atom is 0.126 e. The van der Waals surface area contributed by atoms with Gasteiger partial charge in [0.2, 0.25) is 0 Å². The zero-order chi connectivity index (χ0) is 15.8. The fraction of sp³-hybridized carbons (Fsp3) is 0.176. The molecule has 5 nitrogen and oxygen atoms in total. The van der Waals surface area contributed by atoms with E-state index in [1.165, 1.54) is 7.11 Å². The molecule has 2 aromatic carbocycles. The minimum Gasteiger partial charge on any atom is -0.497 e. The first-order valence-electron chi connectivity index (χ1n) is 6.77. The highest BCUT2D eigenvalue weighted by Crippen LogP contribution is 2.19. The largest absolute Gasteiger partial charge is 0.497 e. The van der Waals surface area contributed by atoms with Crippen molar-refractivity contribution >= 4 is 5.70 Å². The van der Waals surface area contributed by atoms with E-state index in [0.717, 1.165) is 16.9 Å². The van der Waals surface area contributed by atoms with Crippen molar-refractivity contribution in [1.82, 2.24) is 5.48 Å². The van der Waals surface area contributed by atoms with Gasteiger partial charge in [-0.05, 0) is 42.0 Å². The van der Waals surface area contributed by atoms with Crippen molar-refractivity contribution in [3.05, 3.63) is 65.9 Å². The molecular weight excluding hydrogens is 282 g/mol.